The topological polar surface area (TPSA) is 146 Å². The van der Waals surface area contributed by atoms with Gasteiger partial charge in [0, 0.05) is 34.2 Å². The van der Waals surface area contributed by atoms with Gasteiger partial charge in [0.25, 0.3) is 5.91 Å². The lowest BCUT2D eigenvalue weighted by Crippen LogP contribution is -2.55. The first-order chi connectivity index (χ1) is 18.0. The summed E-state index contributed by atoms with van der Waals surface area (Å²) < 4.78 is 10.7. The number of nitrogens with one attached hydrogen (secondary N) is 3. The van der Waals surface area contributed by atoms with Gasteiger partial charge in [0.15, 0.2) is 6.61 Å². The molecule has 0 aliphatic carbocycles. The molecule has 2 heterocycles. The number of fused-ring (bicyclic) bond motifs is 13. The maximum absolute atomic E-state index is 13.4. The number of carbonyl (C=O) groups is 5. The van der Waals surface area contributed by atoms with Gasteiger partial charge in [-0.2, -0.15) is 0 Å². The molecule has 5 amide bonds. The average molecular weight is 534 g/mol. The number of benzene rings is 1. The van der Waals surface area contributed by atoms with Crippen LogP contribution in [0.4, 0.5) is 0 Å². The lowest BCUT2D eigenvalue weighted by Gasteiger charge is -2.29. The number of rotatable bonds is 8. The summed E-state index contributed by atoms with van der Waals surface area (Å²) in [5, 5.41) is 8.00. The Labute approximate surface area is 223 Å². The van der Waals surface area contributed by atoms with E-state index < -0.39 is 35.7 Å². The molecule has 3 rings (SSSR count). The van der Waals surface area contributed by atoms with Crippen molar-refractivity contribution in [3.8, 4) is 5.75 Å². The molecule has 38 heavy (non-hydrogen) atoms. The Hall–Kier alpha value is -3.67. The van der Waals surface area contributed by atoms with E-state index in [0.717, 1.165) is 5.56 Å². The summed E-state index contributed by atoms with van der Waals surface area (Å²) in [5.41, 5.74) is 0.720. The monoisotopic (exact) mass is 533 g/mol. The minimum absolute atomic E-state index is 0.0827. The van der Waals surface area contributed by atoms with Crippen molar-refractivity contribution in [3.63, 3.8) is 0 Å². The standard InChI is InChI=1S/C26H39N5O7/c1-17(2)12-21-26(36)31(10-11-37-5)15-22(32)28-20(25(35)27-14-24(34)30(3)4)13-18-6-8-19(9-7-18)38-16-23(33)29-21/h6-9,17,20-21H,10-16H2,1-5H3,(H,27,35)(H,28,32)(H,29,33)/t20-,21-/m0/s1. The number of likely N-dealkylation sites (N-methyl/N-ethyl adjacent to an activating group) is 1. The Morgan fingerprint density at radius 3 is 2.42 bits per heavy atom. The average Bonchev–Trinajstić information content (AvgIpc) is 2.86. The summed E-state index contributed by atoms with van der Waals surface area (Å²) in [5.74, 6) is -1.77. The van der Waals surface area contributed by atoms with E-state index >= 15 is 0 Å². The fourth-order valence-electron chi connectivity index (χ4n) is 3.79. The van der Waals surface area contributed by atoms with E-state index in [9.17, 15) is 24.0 Å². The second-order valence-corrected chi connectivity index (χ2v) is 9.77. The van der Waals surface area contributed by atoms with Crippen LogP contribution in [0.15, 0.2) is 24.3 Å². The summed E-state index contributed by atoms with van der Waals surface area (Å²) in [4.78, 5) is 66.7. The highest BCUT2D eigenvalue weighted by Gasteiger charge is 2.30. The van der Waals surface area contributed by atoms with Gasteiger partial charge in [0.2, 0.25) is 23.6 Å². The third-order valence-corrected chi connectivity index (χ3v) is 5.85. The van der Waals surface area contributed by atoms with Crippen LogP contribution in [0.1, 0.15) is 25.8 Å². The zero-order valence-electron chi connectivity index (χ0n) is 22.7. The molecular formula is C26H39N5O7. The van der Waals surface area contributed by atoms with Crippen molar-refractivity contribution in [2.24, 2.45) is 5.92 Å². The van der Waals surface area contributed by atoms with Crippen molar-refractivity contribution in [1.29, 1.82) is 0 Å². The molecule has 2 atom stereocenters. The second kappa shape index (κ2) is 14.9. The SMILES string of the molecule is COCCN1CC(=O)N[C@H](C(=O)NCC(=O)N(C)C)Cc2ccc(cc2)OCC(=O)N[C@@H](CC(C)C)C1=O. The lowest BCUT2D eigenvalue weighted by molar-refractivity contribution is -0.141. The molecule has 12 heteroatoms. The molecule has 0 saturated carbocycles. The predicted octanol–water partition coefficient (Wildman–Crippen LogP) is -0.683. The van der Waals surface area contributed by atoms with Crippen molar-refractivity contribution >= 4 is 29.5 Å². The molecule has 2 bridgehead atoms. The third kappa shape index (κ3) is 10.0. The van der Waals surface area contributed by atoms with E-state index in [0.29, 0.717) is 12.2 Å². The first kappa shape index (κ1) is 30.6. The maximum Gasteiger partial charge on any atom is 0.258 e. The van der Waals surface area contributed by atoms with Gasteiger partial charge >= 0.3 is 0 Å². The van der Waals surface area contributed by atoms with Crippen LogP contribution in [0.2, 0.25) is 0 Å². The highest BCUT2D eigenvalue weighted by atomic mass is 16.5. The van der Waals surface area contributed by atoms with Gasteiger partial charge in [-0.1, -0.05) is 26.0 Å². The predicted molar refractivity (Wildman–Crippen MR) is 139 cm³/mol. The maximum atomic E-state index is 13.4. The van der Waals surface area contributed by atoms with Crippen LogP contribution in [-0.2, 0) is 35.1 Å². The van der Waals surface area contributed by atoms with Gasteiger partial charge in [-0.3, -0.25) is 24.0 Å². The molecule has 0 unspecified atom stereocenters. The van der Waals surface area contributed by atoms with Crippen LogP contribution in [0, 0.1) is 5.92 Å². The van der Waals surface area contributed by atoms with Crippen LogP contribution in [0.25, 0.3) is 0 Å². The van der Waals surface area contributed by atoms with Crippen LogP contribution in [0.5, 0.6) is 5.75 Å². The molecule has 2 aliphatic rings. The van der Waals surface area contributed by atoms with Gasteiger partial charge in [0.05, 0.1) is 19.7 Å². The van der Waals surface area contributed by atoms with Gasteiger partial charge in [0.1, 0.15) is 17.8 Å². The zero-order chi connectivity index (χ0) is 28.2. The molecule has 2 aliphatic heterocycles. The number of ether oxygens (including phenoxy) is 2. The van der Waals surface area contributed by atoms with Crippen molar-refractivity contribution in [3.05, 3.63) is 29.8 Å². The summed E-state index contributed by atoms with van der Waals surface area (Å²) >= 11 is 0. The molecule has 210 valence electrons. The fourth-order valence-corrected chi connectivity index (χ4v) is 3.79. The fraction of sp³-hybridized carbons (Fsp3) is 0.577. The van der Waals surface area contributed by atoms with Gasteiger partial charge < -0.3 is 35.2 Å². The Balaban J connectivity index is 2.36. The smallest absolute Gasteiger partial charge is 0.258 e. The zero-order valence-corrected chi connectivity index (χ0v) is 22.7. The minimum atomic E-state index is -0.998. The molecular weight excluding hydrogens is 494 g/mol. The van der Waals surface area contributed by atoms with Crippen LogP contribution in [-0.4, -0.2) is 105 Å². The van der Waals surface area contributed by atoms with Crippen LogP contribution < -0.4 is 20.7 Å². The van der Waals surface area contributed by atoms with Crippen molar-refractivity contribution in [2.45, 2.75) is 38.8 Å². The summed E-state index contributed by atoms with van der Waals surface area (Å²) in [6.45, 7) is 3.28. The number of methoxy groups -OCH3 is 1. The van der Waals surface area contributed by atoms with E-state index in [1.807, 2.05) is 13.8 Å². The molecule has 3 N–H and O–H groups in total. The molecule has 0 spiro atoms. The highest BCUT2D eigenvalue weighted by Crippen LogP contribution is 2.15. The molecule has 1 aromatic carbocycles. The van der Waals surface area contributed by atoms with Crippen molar-refractivity contribution in [1.82, 2.24) is 25.8 Å². The number of nitrogens with zero attached hydrogens (tertiary/aromatic N) is 2. The Kier molecular flexibility index (Phi) is 12.0. The summed E-state index contributed by atoms with van der Waals surface area (Å²) in [7, 11) is 4.63. The normalized spacial score (nSPS) is 19.0. The van der Waals surface area contributed by atoms with Gasteiger partial charge in [-0.25, -0.2) is 0 Å². The quantitative estimate of drug-likeness (QED) is 0.375. The van der Waals surface area contributed by atoms with Crippen molar-refractivity contribution in [2.75, 3.05) is 54.1 Å². The van der Waals surface area contributed by atoms with Crippen LogP contribution in [0.3, 0.4) is 0 Å². The summed E-state index contributed by atoms with van der Waals surface area (Å²) in [6, 6.07) is 4.90. The Morgan fingerprint density at radius 1 is 1.13 bits per heavy atom. The molecule has 1 aromatic rings. The van der Waals surface area contributed by atoms with E-state index in [2.05, 4.69) is 16.0 Å². The second-order valence-electron chi connectivity index (χ2n) is 9.77. The first-order valence-corrected chi connectivity index (χ1v) is 12.6. The molecule has 0 aromatic heterocycles. The van der Waals surface area contributed by atoms with Crippen LogP contribution >= 0.6 is 0 Å². The van der Waals surface area contributed by atoms with Gasteiger partial charge in [-0.15, -0.1) is 0 Å². The highest BCUT2D eigenvalue weighted by molar-refractivity contribution is 5.93. The molecule has 0 radical (unpaired) electrons. The first-order valence-electron chi connectivity index (χ1n) is 12.6. The lowest BCUT2D eigenvalue weighted by atomic mass is 10.0. The number of hydrogen-bond donors (Lipinski definition) is 3. The molecule has 0 saturated heterocycles. The van der Waals surface area contributed by atoms with E-state index in [1.54, 1.807) is 38.4 Å². The third-order valence-electron chi connectivity index (χ3n) is 5.85. The largest absolute Gasteiger partial charge is 0.484 e. The molecule has 12 nitrogen and oxygen atoms in total. The van der Waals surface area contributed by atoms with Crippen molar-refractivity contribution < 1.29 is 33.4 Å². The minimum Gasteiger partial charge on any atom is -0.484 e. The molecule has 0 fully saturated rings. The number of amides is 5. The van der Waals surface area contributed by atoms with E-state index in [1.165, 1.54) is 16.9 Å². The van der Waals surface area contributed by atoms with E-state index in [-0.39, 0.29) is 51.1 Å². The number of hydrogen-bond acceptors (Lipinski definition) is 7. The Morgan fingerprint density at radius 2 is 1.82 bits per heavy atom. The van der Waals surface area contributed by atoms with Gasteiger partial charge in [-0.05, 0) is 30.0 Å². The Bertz CT molecular complexity index is 981. The number of carbonyl (C=O) groups excluding carboxylic acids is 5. The summed E-state index contributed by atoms with van der Waals surface area (Å²) in [6.07, 6.45) is 0.492. The van der Waals surface area contributed by atoms with E-state index in [4.69, 9.17) is 9.47 Å².